The number of nitrogens with one attached hydrogen (secondary N) is 1. The van der Waals surface area contributed by atoms with Gasteiger partial charge < -0.3 is 10.2 Å². The van der Waals surface area contributed by atoms with Crippen LogP contribution in [0.4, 0.5) is 5.82 Å². The number of anilines is 1. The normalized spacial score (nSPS) is 18.4. The number of carbonyl (C=O) groups is 1. The number of aromatic nitrogens is 7. The molecule has 1 atom stereocenters. The van der Waals surface area contributed by atoms with Crippen LogP contribution in [-0.4, -0.2) is 53.5 Å². The van der Waals surface area contributed by atoms with Crippen LogP contribution < -0.4 is 10.2 Å². The average molecular weight is 407 g/mol. The molecule has 3 aromatic heterocycles. The fourth-order valence-electron chi connectivity index (χ4n) is 4.65. The molecule has 5 rings (SSSR count). The number of carbonyl (C=O) groups excluding carboxylic acids is 1. The van der Waals surface area contributed by atoms with Crippen molar-refractivity contribution < 1.29 is 4.79 Å². The van der Waals surface area contributed by atoms with E-state index in [1.54, 1.807) is 24.0 Å². The highest BCUT2D eigenvalue weighted by Gasteiger charge is 2.39. The Morgan fingerprint density at radius 3 is 2.80 bits per heavy atom. The van der Waals surface area contributed by atoms with E-state index >= 15 is 0 Å². The Hall–Kier alpha value is -3.30. The minimum atomic E-state index is -0.241. The minimum absolute atomic E-state index is 0.114. The molecule has 10 heteroatoms. The minimum Gasteiger partial charge on any atom is -0.354 e. The molecular weight excluding hydrogens is 382 g/mol. The molecule has 0 saturated heterocycles. The molecule has 0 radical (unpaired) electrons. The highest BCUT2D eigenvalue weighted by Crippen LogP contribution is 2.43. The van der Waals surface area contributed by atoms with Crippen molar-refractivity contribution in [3.8, 4) is 11.6 Å². The largest absolute Gasteiger partial charge is 0.354 e. The fourth-order valence-corrected chi connectivity index (χ4v) is 4.65. The van der Waals surface area contributed by atoms with E-state index in [1.165, 1.54) is 12.8 Å². The van der Waals surface area contributed by atoms with Gasteiger partial charge in [0.2, 0.25) is 0 Å². The van der Waals surface area contributed by atoms with Crippen molar-refractivity contribution in [2.24, 2.45) is 0 Å². The summed E-state index contributed by atoms with van der Waals surface area (Å²) in [5.74, 6) is 2.86. The zero-order valence-corrected chi connectivity index (χ0v) is 17.4. The molecule has 1 fully saturated rings. The third-order valence-electron chi connectivity index (χ3n) is 6.06. The van der Waals surface area contributed by atoms with Gasteiger partial charge in [-0.05, 0) is 32.3 Å². The number of nitrogens with zero attached hydrogens (tertiary/aromatic N) is 8. The van der Waals surface area contributed by atoms with Gasteiger partial charge in [-0.15, -0.1) is 10.2 Å². The molecule has 4 heterocycles. The second kappa shape index (κ2) is 7.19. The molecule has 30 heavy (non-hydrogen) atoms. The molecule has 0 spiro atoms. The standard InChI is InChI=1S/C20H25N9O/c1-4-15-18-25-24-12(2)28(18)16-11-22-20(27-10-9-14(26-27)19(30)21-3)23-17(16)29(15)13-7-5-6-8-13/h9-11,13,15H,4-8H2,1-3H3,(H,21,30)/t15-/m1/s1. The van der Waals surface area contributed by atoms with Gasteiger partial charge in [-0.25, -0.2) is 9.67 Å². The van der Waals surface area contributed by atoms with Gasteiger partial charge in [0.15, 0.2) is 17.3 Å². The maximum atomic E-state index is 11.9. The topological polar surface area (TPSA) is 107 Å². The first kappa shape index (κ1) is 18.7. The smallest absolute Gasteiger partial charge is 0.271 e. The Labute approximate surface area is 174 Å². The van der Waals surface area contributed by atoms with Gasteiger partial charge in [-0.1, -0.05) is 19.8 Å². The Kier molecular flexibility index (Phi) is 4.48. The van der Waals surface area contributed by atoms with E-state index in [1.807, 2.05) is 13.1 Å². The lowest BCUT2D eigenvalue weighted by atomic mass is 10.0. The number of fused-ring (bicyclic) bond motifs is 3. The van der Waals surface area contributed by atoms with Crippen molar-refractivity contribution in [2.75, 3.05) is 11.9 Å². The number of aryl methyl sites for hydroxylation is 1. The molecule has 1 aliphatic heterocycles. The molecule has 3 aromatic rings. The summed E-state index contributed by atoms with van der Waals surface area (Å²) in [6.45, 7) is 4.13. The van der Waals surface area contributed by atoms with E-state index in [9.17, 15) is 4.79 Å². The van der Waals surface area contributed by atoms with Crippen molar-refractivity contribution in [3.05, 3.63) is 35.8 Å². The van der Waals surface area contributed by atoms with Crippen LogP contribution in [0.5, 0.6) is 0 Å². The summed E-state index contributed by atoms with van der Waals surface area (Å²) >= 11 is 0. The van der Waals surface area contributed by atoms with Crippen molar-refractivity contribution in [1.82, 2.24) is 39.8 Å². The van der Waals surface area contributed by atoms with Gasteiger partial charge >= 0.3 is 0 Å². The first-order valence-electron chi connectivity index (χ1n) is 10.5. The van der Waals surface area contributed by atoms with E-state index in [0.717, 1.165) is 42.4 Å². The molecular formula is C20H25N9O. The predicted molar refractivity (Wildman–Crippen MR) is 110 cm³/mol. The number of hydrogen-bond acceptors (Lipinski definition) is 7. The zero-order valence-electron chi connectivity index (χ0n) is 17.4. The van der Waals surface area contributed by atoms with Crippen LogP contribution in [0.3, 0.4) is 0 Å². The van der Waals surface area contributed by atoms with E-state index < -0.39 is 0 Å². The molecule has 2 aliphatic rings. The summed E-state index contributed by atoms with van der Waals surface area (Å²) in [5.41, 5.74) is 1.22. The zero-order chi connectivity index (χ0) is 20.8. The molecule has 10 nitrogen and oxygen atoms in total. The Bertz CT molecular complexity index is 1100. The summed E-state index contributed by atoms with van der Waals surface area (Å²) in [6.07, 6.45) is 9.18. The number of amides is 1. The molecule has 1 saturated carbocycles. The van der Waals surface area contributed by atoms with Crippen molar-refractivity contribution in [1.29, 1.82) is 0 Å². The van der Waals surface area contributed by atoms with Gasteiger partial charge in [-0.3, -0.25) is 9.36 Å². The van der Waals surface area contributed by atoms with Gasteiger partial charge in [0, 0.05) is 19.3 Å². The van der Waals surface area contributed by atoms with E-state index in [0.29, 0.717) is 17.7 Å². The van der Waals surface area contributed by atoms with Gasteiger partial charge in [0.25, 0.3) is 11.9 Å². The number of hydrogen-bond donors (Lipinski definition) is 1. The summed E-state index contributed by atoms with van der Waals surface area (Å²) in [5, 5.41) is 15.8. The quantitative estimate of drug-likeness (QED) is 0.706. The summed E-state index contributed by atoms with van der Waals surface area (Å²) in [6, 6.07) is 2.19. The Morgan fingerprint density at radius 1 is 1.27 bits per heavy atom. The first-order chi connectivity index (χ1) is 14.6. The van der Waals surface area contributed by atoms with Crippen LogP contribution in [0, 0.1) is 6.92 Å². The lowest BCUT2D eigenvalue weighted by Crippen LogP contribution is -2.42. The van der Waals surface area contributed by atoms with E-state index in [4.69, 9.17) is 4.98 Å². The lowest BCUT2D eigenvalue weighted by molar-refractivity contribution is 0.0957. The van der Waals surface area contributed by atoms with E-state index in [-0.39, 0.29) is 11.9 Å². The second-order valence-electron chi connectivity index (χ2n) is 7.81. The molecule has 1 aliphatic carbocycles. The van der Waals surface area contributed by atoms with Crippen LogP contribution in [0.25, 0.3) is 11.6 Å². The number of rotatable bonds is 4. The maximum Gasteiger partial charge on any atom is 0.271 e. The monoisotopic (exact) mass is 407 g/mol. The highest BCUT2D eigenvalue weighted by molar-refractivity contribution is 5.91. The van der Waals surface area contributed by atoms with Crippen LogP contribution >= 0.6 is 0 Å². The first-order valence-corrected chi connectivity index (χ1v) is 10.5. The van der Waals surface area contributed by atoms with Gasteiger partial charge in [0.05, 0.1) is 12.2 Å². The van der Waals surface area contributed by atoms with Crippen molar-refractivity contribution in [2.45, 2.75) is 58.0 Å². The Balaban J connectivity index is 1.65. The third-order valence-corrected chi connectivity index (χ3v) is 6.06. The molecule has 0 aromatic carbocycles. The molecule has 0 bridgehead atoms. The highest BCUT2D eigenvalue weighted by atomic mass is 16.1. The summed E-state index contributed by atoms with van der Waals surface area (Å²) in [4.78, 5) is 23.8. The summed E-state index contributed by atoms with van der Waals surface area (Å²) in [7, 11) is 1.58. The van der Waals surface area contributed by atoms with Crippen LogP contribution in [0.1, 0.15) is 67.2 Å². The second-order valence-corrected chi connectivity index (χ2v) is 7.81. The van der Waals surface area contributed by atoms with Gasteiger partial charge in [-0.2, -0.15) is 10.1 Å². The molecule has 156 valence electrons. The molecule has 1 N–H and O–H groups in total. The SMILES string of the molecule is CC[C@@H]1c2nnc(C)n2-c2cnc(-n3ccc(C(=O)NC)n3)nc2N1C1CCCC1. The van der Waals surface area contributed by atoms with E-state index in [2.05, 4.69) is 42.0 Å². The Morgan fingerprint density at radius 2 is 2.07 bits per heavy atom. The van der Waals surface area contributed by atoms with Crippen molar-refractivity contribution in [3.63, 3.8) is 0 Å². The van der Waals surface area contributed by atoms with Crippen molar-refractivity contribution >= 4 is 11.7 Å². The predicted octanol–water partition coefficient (Wildman–Crippen LogP) is 2.12. The van der Waals surface area contributed by atoms with Crippen LogP contribution in [0.15, 0.2) is 18.5 Å². The molecule has 0 unspecified atom stereocenters. The van der Waals surface area contributed by atoms with Crippen LogP contribution in [-0.2, 0) is 0 Å². The fraction of sp³-hybridized carbons (Fsp3) is 0.500. The average Bonchev–Trinajstić information content (AvgIpc) is 3.53. The third kappa shape index (κ3) is 2.78. The molecule has 1 amide bonds. The van der Waals surface area contributed by atoms with Gasteiger partial charge in [0.1, 0.15) is 11.5 Å². The maximum absolute atomic E-state index is 11.9. The van der Waals surface area contributed by atoms with Crippen LogP contribution in [0.2, 0.25) is 0 Å². The summed E-state index contributed by atoms with van der Waals surface area (Å²) < 4.78 is 3.62. The lowest BCUT2D eigenvalue weighted by Gasteiger charge is -2.41.